The maximum absolute atomic E-state index is 12.8. The highest BCUT2D eigenvalue weighted by atomic mass is 35.5. The van der Waals surface area contributed by atoms with Crippen molar-refractivity contribution in [1.29, 1.82) is 0 Å². The molecule has 0 radical (unpaired) electrons. The first-order valence-electron chi connectivity index (χ1n) is 6.45. The summed E-state index contributed by atoms with van der Waals surface area (Å²) in [4.78, 5) is 11.8. The normalized spacial score (nSPS) is 11.3. The van der Waals surface area contributed by atoms with Gasteiger partial charge < -0.3 is 5.32 Å². The third kappa shape index (κ3) is 5.49. The van der Waals surface area contributed by atoms with Crippen molar-refractivity contribution in [2.24, 2.45) is 0 Å². The van der Waals surface area contributed by atoms with Gasteiger partial charge in [0.15, 0.2) is 9.84 Å². The van der Waals surface area contributed by atoms with E-state index in [-0.39, 0.29) is 10.8 Å². The Balaban J connectivity index is 2.02. The number of carbonyl (C=O) groups excluding carboxylic acids is 1. The molecular weight excluding hydrogens is 364 g/mol. The van der Waals surface area contributed by atoms with Crippen molar-refractivity contribution in [3.8, 4) is 0 Å². The van der Waals surface area contributed by atoms with Crippen LogP contribution in [-0.2, 0) is 20.4 Å². The van der Waals surface area contributed by atoms with Gasteiger partial charge in [-0.05, 0) is 42.0 Å². The van der Waals surface area contributed by atoms with Crippen LogP contribution in [0.25, 0.3) is 0 Å². The van der Waals surface area contributed by atoms with Gasteiger partial charge in [0.25, 0.3) is 0 Å². The van der Waals surface area contributed by atoms with E-state index in [0.29, 0.717) is 16.3 Å². The number of rotatable bonds is 5. The molecule has 2 aromatic carbocycles. The third-order valence-electron chi connectivity index (χ3n) is 2.87. The van der Waals surface area contributed by atoms with Crippen LogP contribution in [0, 0.1) is 5.82 Å². The van der Waals surface area contributed by atoms with Crippen molar-refractivity contribution in [2.45, 2.75) is 5.75 Å². The molecule has 4 nitrogen and oxygen atoms in total. The van der Waals surface area contributed by atoms with Crippen LogP contribution in [0.3, 0.4) is 0 Å². The summed E-state index contributed by atoms with van der Waals surface area (Å²) >= 11 is 11.7. The Hall–Kier alpha value is -1.63. The monoisotopic (exact) mass is 375 g/mol. The third-order valence-corrected chi connectivity index (χ3v) is 4.91. The first kappa shape index (κ1) is 17.7. The zero-order valence-electron chi connectivity index (χ0n) is 11.7. The number of sulfone groups is 1. The molecule has 0 atom stereocenters. The van der Waals surface area contributed by atoms with Gasteiger partial charge in [-0.2, -0.15) is 0 Å². The standard InChI is InChI=1S/C15H12Cl2FNO3S/c16-11-2-1-10(14(17)7-11)8-23(21,22)9-15(20)19-13-5-3-12(18)4-6-13/h1-7H,8-9H2,(H,19,20). The molecule has 8 heteroatoms. The van der Waals surface area contributed by atoms with Crippen LogP contribution < -0.4 is 5.32 Å². The number of amides is 1. The molecule has 0 aliphatic heterocycles. The van der Waals surface area contributed by atoms with Crippen molar-refractivity contribution in [3.63, 3.8) is 0 Å². The molecule has 2 rings (SSSR count). The highest BCUT2D eigenvalue weighted by Gasteiger charge is 2.19. The number of anilines is 1. The van der Waals surface area contributed by atoms with Crippen LogP contribution in [-0.4, -0.2) is 20.1 Å². The molecule has 1 amide bonds. The van der Waals surface area contributed by atoms with Gasteiger partial charge in [0, 0.05) is 15.7 Å². The minimum Gasteiger partial charge on any atom is -0.325 e. The van der Waals surface area contributed by atoms with E-state index < -0.39 is 27.3 Å². The fourth-order valence-corrected chi connectivity index (χ4v) is 3.71. The van der Waals surface area contributed by atoms with E-state index in [1.807, 2.05) is 0 Å². The maximum atomic E-state index is 12.8. The lowest BCUT2D eigenvalue weighted by atomic mass is 10.2. The summed E-state index contributed by atoms with van der Waals surface area (Å²) < 4.78 is 36.9. The molecule has 0 bridgehead atoms. The molecule has 0 unspecified atom stereocenters. The number of hydrogen-bond acceptors (Lipinski definition) is 3. The zero-order chi connectivity index (χ0) is 17.0. The van der Waals surface area contributed by atoms with E-state index in [0.717, 1.165) is 12.1 Å². The summed E-state index contributed by atoms with van der Waals surface area (Å²) in [6, 6.07) is 9.48. The fraction of sp³-hybridized carbons (Fsp3) is 0.133. The number of hydrogen-bond donors (Lipinski definition) is 1. The van der Waals surface area contributed by atoms with Crippen LogP contribution in [0.15, 0.2) is 42.5 Å². The SMILES string of the molecule is O=C(CS(=O)(=O)Cc1ccc(Cl)cc1Cl)Nc1ccc(F)cc1. The van der Waals surface area contributed by atoms with E-state index >= 15 is 0 Å². The molecule has 23 heavy (non-hydrogen) atoms. The largest absolute Gasteiger partial charge is 0.325 e. The van der Waals surface area contributed by atoms with Crippen molar-refractivity contribution >= 4 is 44.6 Å². The fourth-order valence-electron chi connectivity index (χ4n) is 1.86. The predicted octanol–water partition coefficient (Wildman–Crippen LogP) is 3.69. The van der Waals surface area contributed by atoms with Gasteiger partial charge in [0.1, 0.15) is 11.6 Å². The van der Waals surface area contributed by atoms with E-state index in [4.69, 9.17) is 23.2 Å². The van der Waals surface area contributed by atoms with Crippen LogP contribution in [0.5, 0.6) is 0 Å². The van der Waals surface area contributed by atoms with E-state index in [1.165, 1.54) is 30.3 Å². The van der Waals surface area contributed by atoms with Gasteiger partial charge in [0.2, 0.25) is 5.91 Å². The molecule has 0 heterocycles. The minimum absolute atomic E-state index is 0.222. The van der Waals surface area contributed by atoms with Gasteiger partial charge in [-0.1, -0.05) is 29.3 Å². The van der Waals surface area contributed by atoms with Crippen LogP contribution in [0.4, 0.5) is 10.1 Å². The average molecular weight is 376 g/mol. The van der Waals surface area contributed by atoms with E-state index in [1.54, 1.807) is 0 Å². The Bertz CT molecular complexity index is 823. The van der Waals surface area contributed by atoms with Crippen LogP contribution in [0.2, 0.25) is 10.0 Å². The lowest BCUT2D eigenvalue weighted by Crippen LogP contribution is -2.24. The summed E-state index contributed by atoms with van der Waals surface area (Å²) in [5, 5.41) is 3.01. The Morgan fingerprint density at radius 1 is 1.09 bits per heavy atom. The van der Waals surface area contributed by atoms with Crippen molar-refractivity contribution in [2.75, 3.05) is 11.1 Å². The molecule has 0 aliphatic carbocycles. The average Bonchev–Trinajstić information content (AvgIpc) is 2.44. The Morgan fingerprint density at radius 3 is 2.35 bits per heavy atom. The summed E-state index contributed by atoms with van der Waals surface area (Å²) in [5.74, 6) is -2.24. The predicted molar refractivity (Wildman–Crippen MR) is 89.0 cm³/mol. The lowest BCUT2D eigenvalue weighted by molar-refractivity contribution is -0.113. The highest BCUT2D eigenvalue weighted by Crippen LogP contribution is 2.23. The van der Waals surface area contributed by atoms with Crippen molar-refractivity contribution < 1.29 is 17.6 Å². The summed E-state index contributed by atoms with van der Waals surface area (Å²) in [7, 11) is -3.71. The summed E-state index contributed by atoms with van der Waals surface area (Å²) in [6.45, 7) is 0. The van der Waals surface area contributed by atoms with E-state index in [9.17, 15) is 17.6 Å². The lowest BCUT2D eigenvalue weighted by Gasteiger charge is -2.08. The second kappa shape index (κ2) is 7.29. The Morgan fingerprint density at radius 2 is 1.74 bits per heavy atom. The van der Waals surface area contributed by atoms with Crippen LogP contribution >= 0.6 is 23.2 Å². The van der Waals surface area contributed by atoms with Crippen molar-refractivity contribution in [3.05, 3.63) is 63.9 Å². The molecule has 1 N–H and O–H groups in total. The zero-order valence-corrected chi connectivity index (χ0v) is 14.1. The number of carbonyl (C=O) groups is 1. The molecule has 0 saturated carbocycles. The first-order chi connectivity index (χ1) is 10.7. The van der Waals surface area contributed by atoms with Gasteiger partial charge in [-0.3, -0.25) is 4.79 Å². The first-order valence-corrected chi connectivity index (χ1v) is 9.03. The van der Waals surface area contributed by atoms with Gasteiger partial charge in [0.05, 0.1) is 5.75 Å². The molecular formula is C15H12Cl2FNO3S. The van der Waals surface area contributed by atoms with E-state index in [2.05, 4.69) is 5.32 Å². The second-order valence-corrected chi connectivity index (χ2v) is 7.73. The topological polar surface area (TPSA) is 63.2 Å². The smallest absolute Gasteiger partial charge is 0.239 e. The van der Waals surface area contributed by atoms with Gasteiger partial charge in [-0.15, -0.1) is 0 Å². The molecule has 0 aromatic heterocycles. The molecule has 0 saturated heterocycles. The maximum Gasteiger partial charge on any atom is 0.239 e. The molecule has 0 fully saturated rings. The Kier molecular flexibility index (Phi) is 5.62. The quantitative estimate of drug-likeness (QED) is 0.866. The van der Waals surface area contributed by atoms with Crippen molar-refractivity contribution in [1.82, 2.24) is 0 Å². The molecule has 0 spiro atoms. The molecule has 0 aliphatic rings. The highest BCUT2D eigenvalue weighted by molar-refractivity contribution is 7.91. The number of benzene rings is 2. The van der Waals surface area contributed by atoms with Gasteiger partial charge in [-0.25, -0.2) is 12.8 Å². The molecule has 122 valence electrons. The van der Waals surface area contributed by atoms with Gasteiger partial charge >= 0.3 is 0 Å². The number of halogens is 3. The van der Waals surface area contributed by atoms with Crippen LogP contribution in [0.1, 0.15) is 5.56 Å². The minimum atomic E-state index is -3.71. The second-order valence-electron chi connectivity index (χ2n) is 4.82. The summed E-state index contributed by atoms with van der Waals surface area (Å²) in [5.41, 5.74) is 0.682. The molecule has 2 aromatic rings. The Labute approximate surface area is 143 Å². The number of nitrogens with one attached hydrogen (secondary N) is 1. The summed E-state index contributed by atoms with van der Waals surface area (Å²) in [6.07, 6.45) is 0.